The number of piperidine rings is 1. The lowest BCUT2D eigenvalue weighted by molar-refractivity contribution is -0.148. The number of carbonyl (C=O) groups excluding carboxylic acids is 2. The fourth-order valence-corrected chi connectivity index (χ4v) is 4.92. The number of amides is 1. The maximum Gasteiger partial charge on any atom is 0.410 e. The van der Waals surface area contributed by atoms with Gasteiger partial charge in [-0.2, -0.15) is 0 Å². The molecule has 0 radical (unpaired) electrons. The molecule has 2 atom stereocenters. The number of hydrogen-bond donors (Lipinski definition) is 0. The van der Waals surface area contributed by atoms with Crippen molar-refractivity contribution in [3.05, 3.63) is 23.5 Å². The minimum atomic E-state index is -0.543. The molecule has 1 saturated heterocycles. The van der Waals surface area contributed by atoms with Gasteiger partial charge < -0.3 is 9.47 Å². The number of likely N-dealkylation sites (tertiary alicyclic amines) is 1. The van der Waals surface area contributed by atoms with Gasteiger partial charge in [-0.1, -0.05) is 12.7 Å². The van der Waals surface area contributed by atoms with Crippen LogP contribution in [0.4, 0.5) is 4.79 Å². The molecule has 2 aliphatic heterocycles. The Balaban J connectivity index is 1.89. The first-order chi connectivity index (χ1) is 11.2. The molecule has 0 aromatic rings. The van der Waals surface area contributed by atoms with Crippen LogP contribution >= 0.6 is 23.5 Å². The van der Waals surface area contributed by atoms with Crippen molar-refractivity contribution in [2.75, 3.05) is 20.3 Å². The van der Waals surface area contributed by atoms with Crippen LogP contribution in [-0.4, -0.2) is 47.8 Å². The zero-order valence-corrected chi connectivity index (χ0v) is 14.9. The molecular formula is C16H23NO4S2. The van der Waals surface area contributed by atoms with E-state index in [1.165, 1.54) is 18.1 Å². The Labute approximate surface area is 145 Å². The minimum absolute atomic E-state index is 0.149. The summed E-state index contributed by atoms with van der Waals surface area (Å²) in [5.74, 6) is 0.0703. The number of esters is 1. The molecule has 0 bridgehead atoms. The van der Waals surface area contributed by atoms with Crippen LogP contribution in [0.25, 0.3) is 0 Å². The Morgan fingerprint density at radius 2 is 2.09 bits per heavy atom. The van der Waals surface area contributed by atoms with Crippen molar-refractivity contribution < 1.29 is 19.1 Å². The van der Waals surface area contributed by atoms with Crippen molar-refractivity contribution in [2.45, 2.75) is 36.3 Å². The SMILES string of the molecule is C=CCOC(=O)N1CCC(CCC2SC=CS2)CC1C(=O)OC. The van der Waals surface area contributed by atoms with Gasteiger partial charge in [0.2, 0.25) is 0 Å². The van der Waals surface area contributed by atoms with E-state index in [1.54, 1.807) is 0 Å². The van der Waals surface area contributed by atoms with Crippen LogP contribution in [-0.2, 0) is 14.3 Å². The molecule has 1 fully saturated rings. The highest BCUT2D eigenvalue weighted by Crippen LogP contribution is 2.38. The largest absolute Gasteiger partial charge is 0.467 e. The number of methoxy groups -OCH3 is 1. The van der Waals surface area contributed by atoms with E-state index in [2.05, 4.69) is 17.4 Å². The maximum absolute atomic E-state index is 12.1. The Bertz CT molecular complexity index is 461. The monoisotopic (exact) mass is 357 g/mol. The minimum Gasteiger partial charge on any atom is -0.467 e. The Kier molecular flexibility index (Phi) is 7.36. The molecule has 0 saturated carbocycles. The first kappa shape index (κ1) is 18.3. The number of carbonyl (C=O) groups is 2. The fourth-order valence-electron chi connectivity index (χ4n) is 2.87. The summed E-state index contributed by atoms with van der Waals surface area (Å²) in [7, 11) is 1.36. The molecule has 2 aliphatic rings. The van der Waals surface area contributed by atoms with Gasteiger partial charge in [0.1, 0.15) is 12.6 Å². The van der Waals surface area contributed by atoms with E-state index in [0.717, 1.165) is 19.3 Å². The van der Waals surface area contributed by atoms with Crippen LogP contribution in [0.1, 0.15) is 25.7 Å². The summed E-state index contributed by atoms with van der Waals surface area (Å²) < 4.78 is 10.5. The third kappa shape index (κ3) is 5.21. The molecular weight excluding hydrogens is 334 g/mol. The molecule has 5 nitrogen and oxygen atoms in total. The Morgan fingerprint density at radius 3 is 2.74 bits per heavy atom. The highest BCUT2D eigenvalue weighted by Gasteiger charge is 2.37. The molecule has 0 aromatic heterocycles. The average molecular weight is 357 g/mol. The molecule has 2 unspecified atom stereocenters. The zero-order valence-electron chi connectivity index (χ0n) is 13.3. The first-order valence-corrected chi connectivity index (χ1v) is 9.62. The molecule has 128 valence electrons. The van der Waals surface area contributed by atoms with E-state index in [-0.39, 0.29) is 12.6 Å². The van der Waals surface area contributed by atoms with Gasteiger partial charge in [0.25, 0.3) is 0 Å². The quantitative estimate of drug-likeness (QED) is 0.534. The second-order valence-corrected chi connectivity index (χ2v) is 8.06. The van der Waals surface area contributed by atoms with Crippen LogP contribution in [0.15, 0.2) is 23.5 Å². The van der Waals surface area contributed by atoms with Crippen molar-refractivity contribution in [3.63, 3.8) is 0 Å². The van der Waals surface area contributed by atoms with Gasteiger partial charge in [-0.25, -0.2) is 9.59 Å². The summed E-state index contributed by atoms with van der Waals surface area (Å²) in [6.07, 6.45) is 4.77. The van der Waals surface area contributed by atoms with Crippen molar-refractivity contribution in [1.82, 2.24) is 4.90 Å². The summed E-state index contributed by atoms with van der Waals surface area (Å²) in [4.78, 5) is 25.6. The molecule has 0 spiro atoms. The summed E-state index contributed by atoms with van der Waals surface area (Å²) in [5, 5.41) is 4.26. The van der Waals surface area contributed by atoms with Crippen molar-refractivity contribution >= 4 is 35.6 Å². The lowest BCUT2D eigenvalue weighted by Gasteiger charge is -2.37. The normalized spacial score (nSPS) is 24.5. The van der Waals surface area contributed by atoms with Gasteiger partial charge in [0.05, 0.1) is 11.7 Å². The molecule has 2 heterocycles. The highest BCUT2D eigenvalue weighted by atomic mass is 32.2. The van der Waals surface area contributed by atoms with E-state index in [9.17, 15) is 9.59 Å². The standard InChI is InChI=1S/C16H23NO4S2/c1-3-8-21-16(19)17-7-6-12(11-13(17)15(18)20-2)4-5-14-22-9-10-23-14/h3,9-10,12-14H,1,4-8,11H2,2H3. The smallest absolute Gasteiger partial charge is 0.410 e. The number of nitrogens with zero attached hydrogens (tertiary/aromatic N) is 1. The van der Waals surface area contributed by atoms with Crippen molar-refractivity contribution in [2.24, 2.45) is 5.92 Å². The first-order valence-electron chi connectivity index (χ1n) is 7.73. The highest BCUT2D eigenvalue weighted by molar-refractivity contribution is 8.22. The Hall–Kier alpha value is -1.08. The zero-order chi connectivity index (χ0) is 16.7. The van der Waals surface area contributed by atoms with E-state index >= 15 is 0 Å². The second kappa shape index (κ2) is 9.27. The van der Waals surface area contributed by atoms with E-state index in [1.807, 2.05) is 23.5 Å². The fraction of sp³-hybridized carbons (Fsp3) is 0.625. The van der Waals surface area contributed by atoms with Gasteiger partial charge in [-0.05, 0) is 42.4 Å². The van der Waals surface area contributed by atoms with Gasteiger partial charge >= 0.3 is 12.1 Å². The van der Waals surface area contributed by atoms with Gasteiger partial charge in [0.15, 0.2) is 0 Å². The van der Waals surface area contributed by atoms with Gasteiger partial charge in [0, 0.05) is 6.54 Å². The van der Waals surface area contributed by atoms with Crippen LogP contribution in [0.2, 0.25) is 0 Å². The van der Waals surface area contributed by atoms with Crippen molar-refractivity contribution in [3.8, 4) is 0 Å². The van der Waals surface area contributed by atoms with E-state index < -0.39 is 12.1 Å². The van der Waals surface area contributed by atoms with Crippen molar-refractivity contribution in [1.29, 1.82) is 0 Å². The number of thioether (sulfide) groups is 2. The maximum atomic E-state index is 12.1. The number of rotatable bonds is 6. The molecule has 0 aliphatic carbocycles. The predicted octanol–water partition coefficient (Wildman–Crippen LogP) is 3.62. The third-order valence-electron chi connectivity index (χ3n) is 4.07. The molecule has 23 heavy (non-hydrogen) atoms. The summed E-state index contributed by atoms with van der Waals surface area (Å²) in [6, 6.07) is -0.543. The van der Waals surface area contributed by atoms with Crippen LogP contribution in [0.3, 0.4) is 0 Å². The lowest BCUT2D eigenvalue weighted by Crippen LogP contribution is -2.50. The number of hydrogen-bond acceptors (Lipinski definition) is 6. The molecule has 0 N–H and O–H groups in total. The summed E-state index contributed by atoms with van der Waals surface area (Å²) in [6.45, 7) is 4.21. The van der Waals surface area contributed by atoms with Crippen LogP contribution < -0.4 is 0 Å². The molecule has 7 heteroatoms. The number of ether oxygens (including phenoxy) is 2. The van der Waals surface area contributed by atoms with E-state index in [0.29, 0.717) is 23.5 Å². The summed E-state index contributed by atoms with van der Waals surface area (Å²) >= 11 is 3.71. The second-order valence-electron chi connectivity index (χ2n) is 5.54. The lowest BCUT2D eigenvalue weighted by atomic mass is 9.87. The topological polar surface area (TPSA) is 55.8 Å². The molecule has 1 amide bonds. The molecule has 2 rings (SSSR count). The Morgan fingerprint density at radius 1 is 1.35 bits per heavy atom. The third-order valence-corrected chi connectivity index (χ3v) is 6.57. The van der Waals surface area contributed by atoms with Gasteiger partial charge in [-0.15, -0.1) is 23.5 Å². The summed E-state index contributed by atoms with van der Waals surface area (Å²) in [5.41, 5.74) is 0. The van der Waals surface area contributed by atoms with Crippen LogP contribution in [0.5, 0.6) is 0 Å². The van der Waals surface area contributed by atoms with Crippen LogP contribution in [0, 0.1) is 5.92 Å². The molecule has 0 aromatic carbocycles. The van der Waals surface area contributed by atoms with E-state index in [4.69, 9.17) is 9.47 Å². The predicted molar refractivity (Wildman–Crippen MR) is 94.1 cm³/mol. The average Bonchev–Trinajstić information content (AvgIpc) is 3.10. The van der Waals surface area contributed by atoms with Gasteiger partial charge in [-0.3, -0.25) is 4.90 Å².